The summed E-state index contributed by atoms with van der Waals surface area (Å²) < 4.78 is 11.9. The zero-order valence-corrected chi connectivity index (χ0v) is 26.4. The summed E-state index contributed by atoms with van der Waals surface area (Å²) in [4.78, 5) is 17.4. The molecule has 3 aromatic heterocycles. The molecule has 234 valence electrons. The average molecular weight is 628 g/mol. The van der Waals surface area contributed by atoms with E-state index in [9.17, 15) is 10.5 Å². The summed E-state index contributed by atoms with van der Waals surface area (Å²) in [5.41, 5.74) is 15.1. The highest BCUT2D eigenvalue weighted by atomic mass is 32.1. The van der Waals surface area contributed by atoms with Gasteiger partial charge in [-0.15, -0.1) is 16.4 Å². The van der Waals surface area contributed by atoms with Crippen LogP contribution < -0.4 is 26.0 Å². The molecule has 2 aliphatic carbocycles. The highest BCUT2D eigenvalue weighted by Crippen LogP contribution is 2.53. The van der Waals surface area contributed by atoms with Gasteiger partial charge in [0, 0.05) is 61.0 Å². The lowest BCUT2D eigenvalue weighted by atomic mass is 9.74. The number of hydrogen-bond donors (Lipinski definition) is 2. The maximum atomic E-state index is 10.5. The Bertz CT molecular complexity index is 1700. The van der Waals surface area contributed by atoms with Crippen molar-refractivity contribution >= 4 is 33.8 Å². The number of nitrogens with zero attached hydrogens (tertiary/aromatic N) is 9. The standard InChI is InChI=1S/C31H37N11O2S/c1-19(20-4-8-36-39-25(20)34)40(2)27-22(14-33)28(42-16-31(17-42)5-3-23-24(31)21(13-32)26(35)45-23)38-29(37-27)44-18-30(6-7-30)15-41-9-11-43-12-10-41/h4,8,19H,3,5-7,9-12,15-18,35H2,1-2H3,(H2,34,39)/t19-/m1/s1. The molecule has 0 aromatic carbocycles. The van der Waals surface area contributed by atoms with Gasteiger partial charge in [0.25, 0.3) is 0 Å². The number of nitrogen functional groups attached to an aromatic ring is 2. The number of aryl methyl sites for hydroxylation is 1. The van der Waals surface area contributed by atoms with E-state index in [0.29, 0.717) is 53.3 Å². The van der Waals surface area contributed by atoms with Crippen molar-refractivity contribution < 1.29 is 9.47 Å². The first-order valence-electron chi connectivity index (χ1n) is 15.4. The maximum absolute atomic E-state index is 10.5. The Hall–Kier alpha value is -4.24. The van der Waals surface area contributed by atoms with Crippen molar-refractivity contribution in [2.45, 2.75) is 44.1 Å². The van der Waals surface area contributed by atoms with Crippen molar-refractivity contribution in [3.63, 3.8) is 0 Å². The van der Waals surface area contributed by atoms with Crippen LogP contribution in [0, 0.1) is 28.1 Å². The fourth-order valence-electron chi connectivity index (χ4n) is 7.11. The summed E-state index contributed by atoms with van der Waals surface area (Å²) in [5.74, 6) is 1.32. The lowest BCUT2D eigenvalue weighted by Crippen LogP contribution is -2.59. The molecule has 7 rings (SSSR count). The van der Waals surface area contributed by atoms with Crippen molar-refractivity contribution in [3.05, 3.63) is 39.4 Å². The lowest BCUT2D eigenvalue weighted by molar-refractivity contribution is 0.0231. The summed E-state index contributed by atoms with van der Waals surface area (Å²) in [6.45, 7) is 8.10. The van der Waals surface area contributed by atoms with Crippen LogP contribution in [0.1, 0.15) is 59.4 Å². The van der Waals surface area contributed by atoms with Crippen LogP contribution in [0.2, 0.25) is 0 Å². The van der Waals surface area contributed by atoms with Crippen molar-refractivity contribution in [3.8, 4) is 18.1 Å². The summed E-state index contributed by atoms with van der Waals surface area (Å²) in [6, 6.07) is 6.55. The molecule has 45 heavy (non-hydrogen) atoms. The Labute approximate surface area is 266 Å². The van der Waals surface area contributed by atoms with Crippen LogP contribution in [-0.2, 0) is 16.6 Å². The number of thiophene rings is 1. The van der Waals surface area contributed by atoms with Gasteiger partial charge in [0.05, 0.1) is 37.6 Å². The second-order valence-electron chi connectivity index (χ2n) is 12.9. The van der Waals surface area contributed by atoms with Crippen LogP contribution in [0.25, 0.3) is 0 Å². The molecular formula is C31H37N11O2S. The van der Waals surface area contributed by atoms with E-state index in [2.05, 4.69) is 32.1 Å². The largest absolute Gasteiger partial charge is 0.463 e. The van der Waals surface area contributed by atoms with Crippen molar-refractivity contribution in [2.24, 2.45) is 5.41 Å². The van der Waals surface area contributed by atoms with Gasteiger partial charge in [-0.05, 0) is 44.2 Å². The lowest BCUT2D eigenvalue weighted by Gasteiger charge is -2.49. The number of ether oxygens (including phenoxy) is 2. The Morgan fingerprint density at radius 2 is 1.89 bits per heavy atom. The molecule has 4 aliphatic rings. The molecule has 0 unspecified atom stereocenters. The Kier molecular flexibility index (Phi) is 7.39. The molecule has 0 bridgehead atoms. The molecule has 13 nitrogen and oxygen atoms in total. The van der Waals surface area contributed by atoms with Gasteiger partial charge in [0.15, 0.2) is 17.5 Å². The van der Waals surface area contributed by atoms with E-state index in [1.807, 2.05) is 24.9 Å². The summed E-state index contributed by atoms with van der Waals surface area (Å²) in [7, 11) is 1.89. The maximum Gasteiger partial charge on any atom is 0.320 e. The Morgan fingerprint density at radius 3 is 2.58 bits per heavy atom. The van der Waals surface area contributed by atoms with Crippen LogP contribution in [0.5, 0.6) is 6.01 Å². The molecule has 1 atom stereocenters. The van der Waals surface area contributed by atoms with Gasteiger partial charge in [0.1, 0.15) is 22.7 Å². The number of nitriles is 2. The number of fused-ring (bicyclic) bond motifs is 2. The molecule has 5 heterocycles. The highest BCUT2D eigenvalue weighted by molar-refractivity contribution is 7.16. The van der Waals surface area contributed by atoms with Gasteiger partial charge in [-0.2, -0.15) is 25.6 Å². The number of anilines is 4. The number of morpholine rings is 1. The van der Waals surface area contributed by atoms with E-state index in [1.54, 1.807) is 6.20 Å². The first-order valence-corrected chi connectivity index (χ1v) is 16.2. The molecular weight excluding hydrogens is 590 g/mol. The first-order chi connectivity index (χ1) is 21.8. The van der Waals surface area contributed by atoms with Gasteiger partial charge in [-0.3, -0.25) is 4.90 Å². The fourth-order valence-corrected chi connectivity index (χ4v) is 8.25. The van der Waals surface area contributed by atoms with Gasteiger partial charge < -0.3 is 30.7 Å². The van der Waals surface area contributed by atoms with E-state index in [4.69, 9.17) is 30.9 Å². The summed E-state index contributed by atoms with van der Waals surface area (Å²) in [5, 5.41) is 28.9. The van der Waals surface area contributed by atoms with E-state index in [-0.39, 0.29) is 22.9 Å². The van der Waals surface area contributed by atoms with Crippen molar-refractivity contribution in [2.75, 3.05) is 80.9 Å². The minimum Gasteiger partial charge on any atom is -0.463 e. The predicted octanol–water partition coefficient (Wildman–Crippen LogP) is 2.63. The molecule has 2 aliphatic heterocycles. The van der Waals surface area contributed by atoms with Gasteiger partial charge in [-0.25, -0.2) is 0 Å². The van der Waals surface area contributed by atoms with Crippen LogP contribution in [-0.4, -0.2) is 84.7 Å². The average Bonchev–Trinajstić information content (AvgIpc) is 3.58. The van der Waals surface area contributed by atoms with Gasteiger partial charge in [-0.1, -0.05) is 0 Å². The van der Waals surface area contributed by atoms with Gasteiger partial charge in [0.2, 0.25) is 0 Å². The molecule has 2 saturated heterocycles. The number of hydrogen-bond acceptors (Lipinski definition) is 14. The zero-order valence-electron chi connectivity index (χ0n) is 25.6. The van der Waals surface area contributed by atoms with Crippen LogP contribution in [0.3, 0.4) is 0 Å². The zero-order chi connectivity index (χ0) is 31.3. The van der Waals surface area contributed by atoms with Crippen molar-refractivity contribution in [1.29, 1.82) is 10.5 Å². The number of aromatic nitrogens is 4. The molecule has 0 radical (unpaired) electrons. The molecule has 0 amide bonds. The van der Waals surface area contributed by atoms with Gasteiger partial charge >= 0.3 is 6.01 Å². The quantitative estimate of drug-likeness (QED) is 0.354. The van der Waals surface area contributed by atoms with E-state index in [0.717, 1.165) is 69.7 Å². The molecule has 3 aromatic rings. The second kappa shape index (κ2) is 11.3. The normalized spacial score (nSPS) is 20.1. The van der Waals surface area contributed by atoms with E-state index in [1.165, 1.54) is 16.2 Å². The topological polar surface area (TPSA) is 179 Å². The van der Waals surface area contributed by atoms with Crippen LogP contribution >= 0.6 is 11.3 Å². The minimum atomic E-state index is -0.258. The third kappa shape index (κ3) is 5.17. The number of rotatable bonds is 9. The molecule has 1 spiro atoms. The molecule has 1 saturated carbocycles. The molecule has 14 heteroatoms. The third-order valence-electron chi connectivity index (χ3n) is 10.0. The predicted molar refractivity (Wildman–Crippen MR) is 170 cm³/mol. The van der Waals surface area contributed by atoms with Crippen LogP contribution in [0.15, 0.2) is 12.3 Å². The second-order valence-corrected chi connectivity index (χ2v) is 14.0. The third-order valence-corrected chi connectivity index (χ3v) is 11.1. The fraction of sp³-hybridized carbons (Fsp3) is 0.548. The van der Waals surface area contributed by atoms with Crippen LogP contribution in [0.4, 0.5) is 22.5 Å². The number of nitrogens with two attached hydrogens (primary N) is 2. The highest BCUT2D eigenvalue weighted by Gasteiger charge is 2.52. The summed E-state index contributed by atoms with van der Waals surface area (Å²) in [6.07, 6.45) is 5.63. The van der Waals surface area contributed by atoms with E-state index >= 15 is 0 Å². The SMILES string of the molecule is C[C@H](c1ccnnc1N)N(C)c1nc(OCC2(CN3CCOCC3)CC2)nc(N2CC3(CCc4sc(N)c(C#N)c43)C2)c1C#N. The van der Waals surface area contributed by atoms with E-state index < -0.39 is 0 Å². The molecule has 4 N–H and O–H groups in total. The monoisotopic (exact) mass is 627 g/mol. The minimum absolute atomic E-state index is 0.0684. The Morgan fingerprint density at radius 1 is 1.13 bits per heavy atom. The first kappa shape index (κ1) is 29.5. The van der Waals surface area contributed by atoms with Crippen molar-refractivity contribution in [1.82, 2.24) is 25.1 Å². The smallest absolute Gasteiger partial charge is 0.320 e. The summed E-state index contributed by atoms with van der Waals surface area (Å²) >= 11 is 1.52. The molecule has 3 fully saturated rings. The Balaban J connectivity index is 1.20.